The zero-order valence-corrected chi connectivity index (χ0v) is 26.5. The van der Waals surface area contributed by atoms with Crippen LogP contribution >= 0.6 is 26.9 Å². The van der Waals surface area contributed by atoms with Gasteiger partial charge >= 0.3 is 14.6 Å². The number of ether oxygens (including phenoxy) is 1. The van der Waals surface area contributed by atoms with Crippen molar-refractivity contribution >= 4 is 55.0 Å². The second-order valence-electron chi connectivity index (χ2n) is 12.5. The Hall–Kier alpha value is -2.77. The molecule has 11 atom stereocenters. The zero-order valence-electron chi connectivity index (χ0n) is 23.8. The lowest BCUT2D eigenvalue weighted by Crippen LogP contribution is -2.38. The molecule has 9 rings (SSSR count). The Labute approximate surface area is 263 Å². The molecule has 5 aliphatic rings. The van der Waals surface area contributed by atoms with Crippen LogP contribution in [0.1, 0.15) is 30.9 Å². The molecule has 0 amide bonds. The van der Waals surface area contributed by atoms with Crippen LogP contribution < -0.4 is 11.3 Å². The number of rotatable bonds is 2. The van der Waals surface area contributed by atoms with Crippen LogP contribution in [-0.4, -0.2) is 86.2 Å². The maximum absolute atomic E-state index is 13.7. The summed E-state index contributed by atoms with van der Waals surface area (Å²) in [6, 6.07) is -0.697. The van der Waals surface area contributed by atoms with Crippen molar-refractivity contribution < 1.29 is 42.0 Å². The van der Waals surface area contributed by atoms with E-state index in [1.165, 1.54) is 23.5 Å². The van der Waals surface area contributed by atoms with Crippen molar-refractivity contribution in [2.24, 2.45) is 17.3 Å². The van der Waals surface area contributed by atoms with Crippen LogP contribution in [0.3, 0.4) is 0 Å². The van der Waals surface area contributed by atoms with E-state index < -0.39 is 67.7 Å². The normalized spacial score (nSPS) is 43.3. The molecule has 5 fully saturated rings. The van der Waals surface area contributed by atoms with E-state index in [0.717, 1.165) is 0 Å². The highest BCUT2D eigenvalue weighted by Crippen LogP contribution is 2.74. The fraction of sp³-hybridized carbons (Fsp3) is 0.583. The number of phosphoric ester groups is 1. The van der Waals surface area contributed by atoms with Gasteiger partial charge < -0.3 is 30.0 Å². The number of imidazole rings is 2. The third kappa shape index (κ3) is 4.19. The van der Waals surface area contributed by atoms with Crippen LogP contribution in [0.15, 0.2) is 23.8 Å². The SMILES string of the molecule is Cc1nc2c(ncn2[C@@H]2O[C@]34CO[P@@](=O)(S)O[C@H]5[C@@H](O)[C@H](n6cnc7c(N)ncnc76)[C@H]6CC65COP(=O)(O)O[C@@H]2[C@@H]3C4)c(=O)[nH]1. The first kappa shape index (κ1) is 29.4. The molecule has 244 valence electrons. The second kappa shape index (κ2) is 9.43. The molecule has 0 radical (unpaired) electrons. The molecule has 3 aliphatic carbocycles. The third-order valence-corrected chi connectivity index (χ3v) is 12.5. The minimum atomic E-state index is -4.80. The highest BCUT2D eigenvalue weighted by Gasteiger charge is 2.75. The fourth-order valence-corrected chi connectivity index (χ4v) is 10.2. The van der Waals surface area contributed by atoms with E-state index >= 15 is 0 Å². The van der Waals surface area contributed by atoms with Gasteiger partial charge in [0, 0.05) is 11.3 Å². The highest BCUT2D eigenvalue weighted by atomic mass is 32.7. The monoisotopic (exact) mass is 695 g/mol. The lowest BCUT2D eigenvalue weighted by atomic mass is 10.0. The predicted octanol–water partition coefficient (Wildman–Crippen LogP) is 1.02. The molecule has 4 aromatic heterocycles. The molecular formula is C24H27N9O10P2S. The van der Waals surface area contributed by atoms with Gasteiger partial charge in [-0.15, -0.1) is 0 Å². The van der Waals surface area contributed by atoms with E-state index in [4.69, 9.17) is 28.6 Å². The first-order chi connectivity index (χ1) is 21.8. The Morgan fingerprint density at radius 1 is 1.04 bits per heavy atom. The summed E-state index contributed by atoms with van der Waals surface area (Å²) in [5, 5.41) is 11.6. The number of aryl methyl sites for hydroxylation is 1. The number of nitrogen functional groups attached to an aromatic ring is 1. The van der Waals surface area contributed by atoms with Gasteiger partial charge in [0.15, 0.2) is 28.9 Å². The van der Waals surface area contributed by atoms with E-state index in [9.17, 15) is 23.9 Å². The minimum Gasteiger partial charge on any atom is -0.388 e. The zero-order chi connectivity index (χ0) is 32.0. The van der Waals surface area contributed by atoms with E-state index in [1.807, 2.05) is 0 Å². The highest BCUT2D eigenvalue weighted by molar-refractivity contribution is 8.44. The van der Waals surface area contributed by atoms with E-state index in [-0.39, 0.29) is 36.1 Å². The number of phosphoric acid groups is 1. The predicted molar refractivity (Wildman–Crippen MR) is 157 cm³/mol. The van der Waals surface area contributed by atoms with Gasteiger partial charge in [-0.25, -0.2) is 34.0 Å². The van der Waals surface area contributed by atoms with Crippen LogP contribution in [0.2, 0.25) is 0 Å². The maximum Gasteiger partial charge on any atom is 0.472 e. The number of aliphatic hydroxyl groups excluding tert-OH is 1. The van der Waals surface area contributed by atoms with Gasteiger partial charge in [-0.05, 0) is 25.7 Å². The lowest BCUT2D eigenvalue weighted by Gasteiger charge is -2.31. The minimum absolute atomic E-state index is 0.0454. The van der Waals surface area contributed by atoms with E-state index in [0.29, 0.717) is 29.8 Å². The van der Waals surface area contributed by atoms with Crippen LogP contribution in [-0.2, 0) is 32.0 Å². The molecule has 2 aliphatic heterocycles. The number of aliphatic hydroxyl groups is 1. The van der Waals surface area contributed by atoms with Crippen molar-refractivity contribution in [3.8, 4) is 0 Å². The number of nitrogens with one attached hydrogen (secondary N) is 1. The molecular weight excluding hydrogens is 668 g/mol. The summed E-state index contributed by atoms with van der Waals surface area (Å²) in [5.74, 6) is -0.371. The molecule has 5 N–H and O–H groups in total. The van der Waals surface area contributed by atoms with Crippen molar-refractivity contribution in [2.75, 3.05) is 18.9 Å². The maximum atomic E-state index is 13.7. The van der Waals surface area contributed by atoms with Gasteiger partial charge in [-0.3, -0.25) is 27.5 Å². The van der Waals surface area contributed by atoms with Gasteiger partial charge in [0.25, 0.3) is 5.56 Å². The molecule has 2 saturated heterocycles. The van der Waals surface area contributed by atoms with Gasteiger partial charge in [0.1, 0.15) is 41.6 Å². The average molecular weight is 696 g/mol. The summed E-state index contributed by atoms with van der Waals surface area (Å²) in [5.41, 5.74) is 4.28. The smallest absolute Gasteiger partial charge is 0.388 e. The molecule has 0 aromatic carbocycles. The van der Waals surface area contributed by atoms with Gasteiger partial charge in [0.2, 0.25) is 0 Å². The van der Waals surface area contributed by atoms with Crippen molar-refractivity contribution in [1.29, 1.82) is 0 Å². The summed E-state index contributed by atoms with van der Waals surface area (Å²) in [4.78, 5) is 47.2. The number of nitrogens with zero attached hydrogens (tertiary/aromatic N) is 7. The summed E-state index contributed by atoms with van der Waals surface area (Å²) >= 11 is 4.25. The molecule has 3 saturated carbocycles. The topological polar surface area (TPSA) is 254 Å². The Morgan fingerprint density at radius 3 is 2.65 bits per heavy atom. The summed E-state index contributed by atoms with van der Waals surface area (Å²) < 4.78 is 59.9. The molecule has 4 aromatic rings. The molecule has 1 spiro atoms. The molecule has 22 heteroatoms. The van der Waals surface area contributed by atoms with Gasteiger partial charge in [-0.1, -0.05) is 12.2 Å². The first-order valence-corrected chi connectivity index (χ1v) is 18.5. The van der Waals surface area contributed by atoms with Crippen LogP contribution in [0.4, 0.5) is 5.82 Å². The third-order valence-electron chi connectivity index (χ3n) is 9.93. The molecule has 46 heavy (non-hydrogen) atoms. The Bertz CT molecular complexity index is 2110. The summed E-state index contributed by atoms with van der Waals surface area (Å²) in [6.45, 7) is -3.22. The lowest BCUT2D eigenvalue weighted by molar-refractivity contribution is -0.0913. The van der Waals surface area contributed by atoms with Crippen LogP contribution in [0.25, 0.3) is 22.3 Å². The number of thiol groups is 1. The van der Waals surface area contributed by atoms with Crippen molar-refractivity contribution in [3.05, 3.63) is 35.2 Å². The number of H-pyrrole nitrogens is 1. The van der Waals surface area contributed by atoms with Gasteiger partial charge in [0.05, 0.1) is 31.9 Å². The van der Waals surface area contributed by atoms with Crippen molar-refractivity contribution in [1.82, 2.24) is 39.0 Å². The largest absolute Gasteiger partial charge is 0.472 e. The second-order valence-corrected chi connectivity index (χ2v) is 16.8. The fourth-order valence-electron chi connectivity index (χ4n) is 7.64. The summed E-state index contributed by atoms with van der Waals surface area (Å²) in [7, 11) is -4.80. The van der Waals surface area contributed by atoms with E-state index in [2.05, 4.69) is 42.2 Å². The standard InChI is InChI=1S/C24H27N9O10P2S/c1-9-30-20-13(21(35)31-9)29-8-33(20)22-16-11-3-24(11,41-22)5-40-45(38,46)43-17-15(34)14(10-2-23(10,17)4-39-44(36,37)42-16)32-7-28-12-18(25)26-6-27-19(12)32/h6-8,10-11,14-17,22,34H,2-5H2,1H3,(H,36,37)(H,38,46)(H2,25,26,27)(H,30,31,35)/t10-,11+,14-,15+,16-,17+,22-,23?,24-,45-/m1/s1. The van der Waals surface area contributed by atoms with E-state index in [1.54, 1.807) is 11.5 Å². The number of hydrogen-bond acceptors (Lipinski definition) is 15. The number of aromatic amines is 1. The molecule has 2 bridgehead atoms. The number of fused-ring (bicyclic) bond motifs is 2. The first-order valence-electron chi connectivity index (χ1n) is 14.4. The van der Waals surface area contributed by atoms with Crippen LogP contribution in [0, 0.1) is 24.2 Å². The molecule has 6 heterocycles. The van der Waals surface area contributed by atoms with Crippen molar-refractivity contribution in [2.45, 2.75) is 55.9 Å². The van der Waals surface area contributed by atoms with Gasteiger partial charge in [-0.2, -0.15) is 0 Å². The average Bonchev–Trinajstić information content (AvgIpc) is 3.65. The Balaban J connectivity index is 1.07. The summed E-state index contributed by atoms with van der Waals surface area (Å²) in [6.07, 6.45) is 0.196. The number of aromatic nitrogens is 8. The number of nitrogens with two attached hydrogens (primary N) is 1. The molecule has 2 unspecified atom stereocenters. The number of hydrogen-bond donors (Lipinski definition) is 5. The Morgan fingerprint density at radius 2 is 1.83 bits per heavy atom. The molecule has 19 nitrogen and oxygen atoms in total. The van der Waals surface area contributed by atoms with Crippen molar-refractivity contribution in [3.63, 3.8) is 0 Å². The number of anilines is 1. The Kier molecular flexibility index (Phi) is 6.02. The quantitative estimate of drug-likeness (QED) is 0.145. The van der Waals surface area contributed by atoms with Crippen LogP contribution in [0.5, 0.6) is 0 Å².